The van der Waals surface area contributed by atoms with Gasteiger partial charge >= 0.3 is 0 Å². The van der Waals surface area contributed by atoms with E-state index in [9.17, 15) is 9.59 Å². The first kappa shape index (κ1) is 21.2. The van der Waals surface area contributed by atoms with E-state index >= 15 is 0 Å². The van der Waals surface area contributed by atoms with Gasteiger partial charge in [-0.15, -0.1) is 0 Å². The molecule has 0 bridgehead atoms. The van der Waals surface area contributed by atoms with Crippen molar-refractivity contribution in [2.75, 3.05) is 17.7 Å². The van der Waals surface area contributed by atoms with Gasteiger partial charge in [0.05, 0.1) is 18.1 Å². The number of amidine groups is 1. The van der Waals surface area contributed by atoms with Crippen molar-refractivity contribution in [2.24, 2.45) is 12.0 Å². The smallest absolute Gasteiger partial charge is 0.278 e. The Bertz CT molecular complexity index is 1050. The third-order valence-electron chi connectivity index (χ3n) is 4.90. The fourth-order valence-electron chi connectivity index (χ4n) is 3.30. The van der Waals surface area contributed by atoms with E-state index in [-0.39, 0.29) is 23.6 Å². The van der Waals surface area contributed by atoms with Crippen LogP contribution in [0.2, 0.25) is 0 Å². The first-order valence-corrected chi connectivity index (χ1v) is 11.2. The van der Waals surface area contributed by atoms with Crippen LogP contribution in [0, 0.1) is 6.92 Å². The highest BCUT2D eigenvalue weighted by molar-refractivity contribution is 8.14. The van der Waals surface area contributed by atoms with Crippen LogP contribution in [0.5, 0.6) is 5.75 Å². The van der Waals surface area contributed by atoms with Crippen molar-refractivity contribution in [1.29, 1.82) is 0 Å². The van der Waals surface area contributed by atoms with Crippen molar-refractivity contribution in [3.63, 3.8) is 0 Å². The van der Waals surface area contributed by atoms with E-state index in [2.05, 4.69) is 15.4 Å². The van der Waals surface area contributed by atoms with Gasteiger partial charge in [0.15, 0.2) is 5.17 Å². The van der Waals surface area contributed by atoms with Crippen LogP contribution >= 0.6 is 11.8 Å². The number of rotatable bonds is 7. The standard InChI is InChI=1S/C22H25N5O3S/c1-4-30-18-9-5-16(6-10-18)23-20(28)13-31-22-24-19(21(29)27(22)17-7-8-17)11-15-12-26(3)25-14(15)2/h5-6,9-12,17H,4,7-8,13H2,1-3H3,(H,23,28). The van der Waals surface area contributed by atoms with Crippen LogP contribution in [0.3, 0.4) is 0 Å². The monoisotopic (exact) mass is 439 g/mol. The summed E-state index contributed by atoms with van der Waals surface area (Å²) in [6.45, 7) is 4.42. The molecule has 0 radical (unpaired) electrons. The van der Waals surface area contributed by atoms with Gasteiger partial charge in [-0.05, 0) is 57.0 Å². The van der Waals surface area contributed by atoms with Gasteiger partial charge in [0, 0.05) is 30.5 Å². The van der Waals surface area contributed by atoms with Crippen LogP contribution in [0.15, 0.2) is 41.2 Å². The Labute approximate surface area is 185 Å². The van der Waals surface area contributed by atoms with Crippen LogP contribution in [0.25, 0.3) is 6.08 Å². The lowest BCUT2D eigenvalue weighted by Crippen LogP contribution is -2.33. The van der Waals surface area contributed by atoms with E-state index in [4.69, 9.17) is 4.74 Å². The first-order chi connectivity index (χ1) is 14.9. The lowest BCUT2D eigenvalue weighted by Gasteiger charge is -2.16. The summed E-state index contributed by atoms with van der Waals surface area (Å²) < 4.78 is 7.12. The number of benzene rings is 1. The number of hydrogen-bond acceptors (Lipinski definition) is 6. The lowest BCUT2D eigenvalue weighted by atomic mass is 10.2. The number of carbonyl (C=O) groups excluding carboxylic acids is 2. The van der Waals surface area contributed by atoms with Crippen LogP contribution in [-0.4, -0.2) is 50.1 Å². The van der Waals surface area contributed by atoms with E-state index in [1.807, 2.05) is 39.2 Å². The third-order valence-corrected chi connectivity index (χ3v) is 5.85. The molecule has 0 unspecified atom stereocenters. The molecule has 2 amide bonds. The molecular weight excluding hydrogens is 414 g/mol. The molecule has 1 saturated carbocycles. The van der Waals surface area contributed by atoms with Gasteiger partial charge in [0.1, 0.15) is 11.4 Å². The predicted molar refractivity (Wildman–Crippen MR) is 122 cm³/mol. The molecule has 2 aliphatic rings. The van der Waals surface area contributed by atoms with Gasteiger partial charge in [-0.2, -0.15) is 5.10 Å². The summed E-state index contributed by atoms with van der Waals surface area (Å²) in [6, 6.07) is 7.42. The van der Waals surface area contributed by atoms with Crippen LogP contribution in [-0.2, 0) is 16.6 Å². The maximum atomic E-state index is 12.9. The average molecular weight is 440 g/mol. The summed E-state index contributed by atoms with van der Waals surface area (Å²) in [5, 5.41) is 7.76. The molecule has 1 aliphatic carbocycles. The number of hydrogen-bond donors (Lipinski definition) is 1. The number of thioether (sulfide) groups is 1. The number of ether oxygens (including phenoxy) is 1. The average Bonchev–Trinajstić information content (AvgIpc) is 3.45. The summed E-state index contributed by atoms with van der Waals surface area (Å²) in [4.78, 5) is 31.6. The van der Waals surface area contributed by atoms with Crippen molar-refractivity contribution in [3.8, 4) is 5.75 Å². The van der Waals surface area contributed by atoms with Crippen molar-refractivity contribution < 1.29 is 14.3 Å². The Morgan fingerprint density at radius 1 is 1.32 bits per heavy atom. The van der Waals surface area contributed by atoms with Gasteiger partial charge < -0.3 is 10.1 Å². The molecule has 2 heterocycles. The van der Waals surface area contributed by atoms with E-state index < -0.39 is 0 Å². The molecule has 0 spiro atoms. The summed E-state index contributed by atoms with van der Waals surface area (Å²) in [5.41, 5.74) is 2.79. The SMILES string of the molecule is CCOc1ccc(NC(=O)CSC2=NC(=Cc3cn(C)nc3C)C(=O)N2C2CC2)cc1. The Balaban J connectivity index is 1.42. The fourth-order valence-corrected chi connectivity index (χ4v) is 4.17. The molecule has 8 nitrogen and oxygen atoms in total. The lowest BCUT2D eigenvalue weighted by molar-refractivity contribution is -0.123. The van der Waals surface area contributed by atoms with Crippen molar-refractivity contribution >= 4 is 40.5 Å². The molecule has 9 heteroatoms. The van der Waals surface area contributed by atoms with Gasteiger partial charge in [-0.3, -0.25) is 19.2 Å². The van der Waals surface area contributed by atoms with Gasteiger partial charge in [-0.25, -0.2) is 4.99 Å². The summed E-state index contributed by atoms with van der Waals surface area (Å²) in [6.07, 6.45) is 5.56. The van der Waals surface area contributed by atoms with Crippen molar-refractivity contribution in [1.82, 2.24) is 14.7 Å². The molecule has 1 aromatic carbocycles. The fraction of sp³-hybridized carbons (Fsp3) is 0.364. The molecule has 162 valence electrons. The zero-order valence-corrected chi connectivity index (χ0v) is 18.6. The van der Waals surface area contributed by atoms with Gasteiger partial charge in [0.2, 0.25) is 5.91 Å². The van der Waals surface area contributed by atoms with Gasteiger partial charge in [0.25, 0.3) is 5.91 Å². The third kappa shape index (κ3) is 4.99. The molecule has 1 aromatic heterocycles. The normalized spacial score (nSPS) is 17.3. The Kier molecular flexibility index (Phi) is 6.13. The number of anilines is 1. The summed E-state index contributed by atoms with van der Waals surface area (Å²) in [5.74, 6) is 0.666. The molecule has 0 saturated heterocycles. The quantitative estimate of drug-likeness (QED) is 0.670. The molecule has 0 atom stereocenters. The van der Waals surface area contributed by atoms with Crippen LogP contribution < -0.4 is 10.1 Å². The second-order valence-corrected chi connectivity index (χ2v) is 8.41. The van der Waals surface area contributed by atoms with Crippen LogP contribution in [0.1, 0.15) is 31.0 Å². The minimum absolute atomic E-state index is 0.111. The molecule has 1 N–H and O–H groups in total. The summed E-state index contributed by atoms with van der Waals surface area (Å²) in [7, 11) is 1.84. The number of nitrogens with zero attached hydrogens (tertiary/aromatic N) is 4. The Hall–Kier alpha value is -3.07. The highest BCUT2D eigenvalue weighted by Crippen LogP contribution is 2.35. The highest BCUT2D eigenvalue weighted by atomic mass is 32.2. The number of aromatic nitrogens is 2. The minimum atomic E-state index is -0.152. The minimum Gasteiger partial charge on any atom is -0.494 e. The molecule has 1 aliphatic heterocycles. The first-order valence-electron chi connectivity index (χ1n) is 10.2. The molecule has 2 aromatic rings. The van der Waals surface area contributed by atoms with E-state index in [0.29, 0.717) is 23.2 Å². The van der Waals surface area contributed by atoms with Crippen molar-refractivity contribution in [2.45, 2.75) is 32.7 Å². The van der Waals surface area contributed by atoms with Crippen LogP contribution in [0.4, 0.5) is 5.69 Å². The second kappa shape index (κ2) is 8.97. The Morgan fingerprint density at radius 2 is 2.06 bits per heavy atom. The summed E-state index contributed by atoms with van der Waals surface area (Å²) >= 11 is 1.28. The van der Waals surface area contributed by atoms with Crippen molar-refractivity contribution in [3.05, 3.63) is 47.4 Å². The Morgan fingerprint density at radius 3 is 2.68 bits per heavy atom. The second-order valence-electron chi connectivity index (χ2n) is 7.47. The van der Waals surface area contributed by atoms with E-state index in [1.165, 1.54) is 11.8 Å². The number of aliphatic imine (C=N–C) groups is 1. The maximum absolute atomic E-state index is 12.9. The highest BCUT2D eigenvalue weighted by Gasteiger charge is 2.41. The number of carbonyl (C=O) groups is 2. The molecule has 4 rings (SSSR count). The van der Waals surface area contributed by atoms with E-state index in [0.717, 1.165) is 29.8 Å². The maximum Gasteiger partial charge on any atom is 0.278 e. The predicted octanol–water partition coefficient (Wildman–Crippen LogP) is 3.20. The zero-order chi connectivity index (χ0) is 22.0. The number of aryl methyl sites for hydroxylation is 2. The number of nitrogens with one attached hydrogen (secondary N) is 1. The molecule has 1 fully saturated rings. The zero-order valence-electron chi connectivity index (χ0n) is 17.8. The largest absolute Gasteiger partial charge is 0.494 e. The number of amides is 2. The van der Waals surface area contributed by atoms with E-state index in [1.54, 1.807) is 27.8 Å². The molecular formula is C22H25N5O3S. The van der Waals surface area contributed by atoms with Gasteiger partial charge in [-0.1, -0.05) is 11.8 Å². The molecule has 31 heavy (non-hydrogen) atoms. The topological polar surface area (TPSA) is 88.8 Å².